The molecule has 7 heteroatoms. The quantitative estimate of drug-likeness (QED) is 0.780. The Balaban J connectivity index is 2.20. The van der Waals surface area contributed by atoms with E-state index in [0.717, 1.165) is 11.8 Å². The molecular formula is C10H12N4O2S. The molecule has 0 aliphatic carbocycles. The smallest absolute Gasteiger partial charge is 0.166 e. The minimum Gasteiger partial charge on any atom is -0.229 e. The van der Waals surface area contributed by atoms with Crippen molar-refractivity contribution in [3.63, 3.8) is 0 Å². The lowest BCUT2D eigenvalue weighted by atomic mass is 10.2. The molecule has 17 heavy (non-hydrogen) atoms. The number of rotatable bonds is 4. The van der Waals surface area contributed by atoms with Gasteiger partial charge < -0.3 is 0 Å². The zero-order valence-corrected chi connectivity index (χ0v) is 10.1. The van der Waals surface area contributed by atoms with E-state index in [2.05, 4.69) is 15.5 Å². The lowest BCUT2D eigenvalue weighted by Crippen LogP contribution is -2.11. The van der Waals surface area contributed by atoms with Crippen molar-refractivity contribution in [1.29, 1.82) is 0 Å². The van der Waals surface area contributed by atoms with E-state index in [0.29, 0.717) is 12.4 Å². The van der Waals surface area contributed by atoms with Crippen LogP contribution in [0.4, 0.5) is 0 Å². The predicted molar refractivity (Wildman–Crippen MR) is 61.9 cm³/mol. The Kier molecular flexibility index (Phi) is 3.19. The topological polar surface area (TPSA) is 77.7 Å². The van der Waals surface area contributed by atoms with Crippen LogP contribution in [0, 0.1) is 0 Å². The summed E-state index contributed by atoms with van der Waals surface area (Å²) in [7, 11) is -3.13. The molecule has 0 atom stereocenters. The molecule has 1 heterocycles. The van der Waals surface area contributed by atoms with Crippen molar-refractivity contribution < 1.29 is 8.42 Å². The predicted octanol–water partition coefficient (Wildman–Crippen LogP) is 0.266. The van der Waals surface area contributed by atoms with Crippen molar-refractivity contribution >= 4 is 9.84 Å². The summed E-state index contributed by atoms with van der Waals surface area (Å²) in [6.07, 6.45) is 1.16. The van der Waals surface area contributed by atoms with Crippen molar-refractivity contribution in [2.75, 3.05) is 6.26 Å². The molecule has 0 fully saturated rings. The Labute approximate surface area is 99.2 Å². The molecule has 1 aromatic carbocycles. The monoisotopic (exact) mass is 252 g/mol. The van der Waals surface area contributed by atoms with Gasteiger partial charge in [0.15, 0.2) is 15.7 Å². The molecule has 90 valence electrons. The molecule has 0 saturated heterocycles. The van der Waals surface area contributed by atoms with Crippen LogP contribution in [0.25, 0.3) is 0 Å². The second kappa shape index (κ2) is 4.62. The fourth-order valence-corrected chi connectivity index (χ4v) is 2.12. The van der Waals surface area contributed by atoms with Gasteiger partial charge in [0.1, 0.15) is 5.75 Å². The third kappa shape index (κ3) is 3.35. The number of aromatic nitrogens is 4. The fraction of sp³-hybridized carbons (Fsp3) is 0.300. The molecule has 0 N–H and O–H groups in total. The van der Waals surface area contributed by atoms with Gasteiger partial charge in [-0.1, -0.05) is 30.3 Å². The van der Waals surface area contributed by atoms with Crippen LogP contribution in [-0.2, 0) is 22.1 Å². The molecule has 0 spiro atoms. The average Bonchev–Trinajstić information content (AvgIpc) is 2.65. The van der Waals surface area contributed by atoms with Gasteiger partial charge in [0.25, 0.3) is 0 Å². The van der Waals surface area contributed by atoms with Crippen LogP contribution in [0.15, 0.2) is 30.3 Å². The highest BCUT2D eigenvalue weighted by atomic mass is 32.2. The molecule has 0 unspecified atom stereocenters. The molecule has 0 amide bonds. The lowest BCUT2D eigenvalue weighted by Gasteiger charge is -2.03. The van der Waals surface area contributed by atoms with Gasteiger partial charge in [-0.2, -0.15) is 0 Å². The second-order valence-electron chi connectivity index (χ2n) is 3.81. The Hall–Kier alpha value is -1.76. The van der Waals surface area contributed by atoms with Crippen molar-refractivity contribution in [2.24, 2.45) is 0 Å². The van der Waals surface area contributed by atoms with Gasteiger partial charge in [-0.25, -0.2) is 13.1 Å². The van der Waals surface area contributed by atoms with Crippen LogP contribution >= 0.6 is 0 Å². The summed E-state index contributed by atoms with van der Waals surface area (Å²) < 4.78 is 23.9. The molecular weight excluding hydrogens is 240 g/mol. The van der Waals surface area contributed by atoms with Crippen molar-refractivity contribution in [3.8, 4) is 0 Å². The summed E-state index contributed by atoms with van der Waals surface area (Å²) in [4.78, 5) is 0. The Morgan fingerprint density at radius 1 is 1.24 bits per heavy atom. The number of nitrogens with zero attached hydrogens (tertiary/aromatic N) is 4. The maximum Gasteiger partial charge on any atom is 0.166 e. The molecule has 6 nitrogen and oxygen atoms in total. The molecule has 0 bridgehead atoms. The van der Waals surface area contributed by atoms with Gasteiger partial charge in [0.05, 0.1) is 6.54 Å². The lowest BCUT2D eigenvalue weighted by molar-refractivity contribution is 0.591. The molecule has 0 aliphatic heterocycles. The van der Waals surface area contributed by atoms with Gasteiger partial charge in [-0.3, -0.25) is 0 Å². The van der Waals surface area contributed by atoms with E-state index in [4.69, 9.17) is 0 Å². The van der Waals surface area contributed by atoms with Crippen LogP contribution < -0.4 is 0 Å². The van der Waals surface area contributed by atoms with Crippen LogP contribution in [0.5, 0.6) is 0 Å². The van der Waals surface area contributed by atoms with E-state index in [1.807, 2.05) is 30.3 Å². The van der Waals surface area contributed by atoms with E-state index >= 15 is 0 Å². The second-order valence-corrected chi connectivity index (χ2v) is 5.95. The van der Waals surface area contributed by atoms with E-state index in [1.165, 1.54) is 4.68 Å². The highest BCUT2D eigenvalue weighted by molar-refractivity contribution is 7.89. The third-order valence-electron chi connectivity index (χ3n) is 2.17. The third-order valence-corrected chi connectivity index (χ3v) is 2.96. The maximum atomic E-state index is 11.2. The van der Waals surface area contributed by atoms with Gasteiger partial charge in [-0.15, -0.1) is 5.10 Å². The summed E-state index contributed by atoms with van der Waals surface area (Å²) in [6, 6.07) is 9.62. The van der Waals surface area contributed by atoms with E-state index in [1.54, 1.807) is 0 Å². The average molecular weight is 252 g/mol. The minimum absolute atomic E-state index is 0.146. The number of hydrogen-bond donors (Lipinski definition) is 0. The van der Waals surface area contributed by atoms with E-state index in [9.17, 15) is 8.42 Å². The highest BCUT2D eigenvalue weighted by Crippen LogP contribution is 2.05. The first-order chi connectivity index (χ1) is 8.04. The van der Waals surface area contributed by atoms with Crippen LogP contribution in [0.2, 0.25) is 0 Å². The van der Waals surface area contributed by atoms with Crippen LogP contribution in [0.1, 0.15) is 11.4 Å². The summed E-state index contributed by atoms with van der Waals surface area (Å²) in [6.45, 7) is 0.471. The van der Waals surface area contributed by atoms with E-state index < -0.39 is 9.84 Å². The number of tetrazole rings is 1. The Morgan fingerprint density at radius 2 is 1.94 bits per heavy atom. The Bertz CT molecular complexity index is 592. The van der Waals surface area contributed by atoms with Gasteiger partial charge in [-0.05, 0) is 16.0 Å². The summed E-state index contributed by atoms with van der Waals surface area (Å²) >= 11 is 0. The summed E-state index contributed by atoms with van der Waals surface area (Å²) in [5, 5.41) is 11.0. The first-order valence-corrected chi connectivity index (χ1v) is 7.07. The highest BCUT2D eigenvalue weighted by Gasteiger charge is 2.12. The zero-order chi connectivity index (χ0) is 12.3. The largest absolute Gasteiger partial charge is 0.229 e. The van der Waals surface area contributed by atoms with E-state index in [-0.39, 0.29) is 5.75 Å². The first-order valence-electron chi connectivity index (χ1n) is 5.01. The Morgan fingerprint density at radius 3 is 2.59 bits per heavy atom. The molecule has 2 aromatic rings. The molecule has 2 rings (SSSR count). The summed E-state index contributed by atoms with van der Waals surface area (Å²) in [5.74, 6) is 0.212. The number of benzene rings is 1. The van der Waals surface area contributed by atoms with Crippen molar-refractivity contribution in [3.05, 3.63) is 41.7 Å². The van der Waals surface area contributed by atoms with Crippen molar-refractivity contribution in [2.45, 2.75) is 12.3 Å². The van der Waals surface area contributed by atoms with Crippen LogP contribution in [-0.4, -0.2) is 34.9 Å². The molecule has 0 aliphatic rings. The first kappa shape index (κ1) is 11.7. The fourth-order valence-electron chi connectivity index (χ4n) is 1.44. The molecule has 0 saturated carbocycles. The maximum absolute atomic E-state index is 11.2. The van der Waals surface area contributed by atoms with Gasteiger partial charge in [0.2, 0.25) is 0 Å². The van der Waals surface area contributed by atoms with Crippen molar-refractivity contribution in [1.82, 2.24) is 20.2 Å². The number of hydrogen-bond acceptors (Lipinski definition) is 5. The summed E-state index contributed by atoms with van der Waals surface area (Å²) in [5.41, 5.74) is 1.02. The minimum atomic E-state index is -3.13. The normalized spacial score (nSPS) is 11.6. The molecule has 0 radical (unpaired) electrons. The standard InChI is InChI=1S/C10H12N4O2S/c1-17(15,16)8-10-11-12-13-14(10)7-9-5-3-2-4-6-9/h2-6H,7-8H2,1H3. The van der Waals surface area contributed by atoms with Gasteiger partial charge in [0, 0.05) is 6.26 Å². The van der Waals surface area contributed by atoms with Crippen LogP contribution in [0.3, 0.4) is 0 Å². The molecule has 1 aromatic heterocycles. The SMILES string of the molecule is CS(=O)(=O)Cc1nnnn1Cc1ccccc1. The number of sulfone groups is 1. The van der Waals surface area contributed by atoms with Gasteiger partial charge >= 0.3 is 0 Å². The zero-order valence-electron chi connectivity index (χ0n) is 9.31.